The van der Waals surface area contributed by atoms with Gasteiger partial charge in [0.1, 0.15) is 5.75 Å². The van der Waals surface area contributed by atoms with Crippen molar-refractivity contribution in [3.05, 3.63) is 40.0 Å². The van der Waals surface area contributed by atoms with Gasteiger partial charge in [0, 0.05) is 15.7 Å². The molecule has 0 unspecified atom stereocenters. The van der Waals surface area contributed by atoms with Crippen LogP contribution >= 0.6 is 22.6 Å². The third-order valence-corrected chi connectivity index (χ3v) is 2.74. The van der Waals surface area contributed by atoms with E-state index in [9.17, 15) is 9.59 Å². The van der Waals surface area contributed by atoms with Crippen LogP contribution in [0.2, 0.25) is 0 Å². The van der Waals surface area contributed by atoms with Crippen molar-refractivity contribution in [2.24, 2.45) is 0 Å². The van der Waals surface area contributed by atoms with Crippen molar-refractivity contribution in [2.75, 3.05) is 6.54 Å². The van der Waals surface area contributed by atoms with E-state index in [0.717, 1.165) is 3.57 Å². The van der Waals surface area contributed by atoms with E-state index in [4.69, 9.17) is 9.84 Å². The summed E-state index contributed by atoms with van der Waals surface area (Å²) in [5, 5.41) is 11.0. The van der Waals surface area contributed by atoms with Crippen molar-refractivity contribution in [1.29, 1.82) is 0 Å². The first kappa shape index (κ1) is 14.5. The fourth-order valence-corrected chi connectivity index (χ4v) is 1.43. The number of hydrogen-bond acceptors (Lipinski definition) is 3. The summed E-state index contributed by atoms with van der Waals surface area (Å²) in [5.41, 5.74) is 0.0459. The van der Waals surface area contributed by atoms with Gasteiger partial charge in [0.25, 0.3) is 0 Å². The largest absolute Gasteiger partial charge is 0.478 e. The summed E-state index contributed by atoms with van der Waals surface area (Å²) in [6, 6.07) is 6.99. The van der Waals surface area contributed by atoms with Gasteiger partial charge in [-0.3, -0.25) is 0 Å². The van der Waals surface area contributed by atoms with Crippen molar-refractivity contribution in [3.8, 4) is 5.75 Å². The number of ether oxygens (including phenoxy) is 1. The van der Waals surface area contributed by atoms with E-state index in [1.54, 1.807) is 12.1 Å². The molecule has 0 bridgehead atoms. The standard InChI is InChI=1S/C12H12INO4/c1-8(11(15)16)6-7-14-12(17)18-10-4-2-9(13)3-5-10/h2-5H,1,6-7H2,(H,14,17)(H,15,16). The number of carbonyl (C=O) groups excluding carboxylic acids is 1. The number of carboxylic acids is 1. The minimum Gasteiger partial charge on any atom is -0.478 e. The average molecular weight is 361 g/mol. The van der Waals surface area contributed by atoms with E-state index in [2.05, 4.69) is 34.5 Å². The van der Waals surface area contributed by atoms with E-state index < -0.39 is 12.1 Å². The molecule has 0 heterocycles. The van der Waals surface area contributed by atoms with Crippen LogP contribution in [0.15, 0.2) is 36.4 Å². The maximum atomic E-state index is 11.3. The van der Waals surface area contributed by atoms with Gasteiger partial charge in [0.05, 0.1) is 0 Å². The van der Waals surface area contributed by atoms with Gasteiger partial charge < -0.3 is 15.2 Å². The van der Waals surface area contributed by atoms with Gasteiger partial charge in [-0.15, -0.1) is 0 Å². The van der Waals surface area contributed by atoms with Gasteiger partial charge in [0.2, 0.25) is 0 Å². The first-order valence-electron chi connectivity index (χ1n) is 5.11. The van der Waals surface area contributed by atoms with Gasteiger partial charge in [0.15, 0.2) is 0 Å². The summed E-state index contributed by atoms with van der Waals surface area (Å²) >= 11 is 2.14. The van der Waals surface area contributed by atoms with Gasteiger partial charge in [-0.25, -0.2) is 9.59 Å². The summed E-state index contributed by atoms with van der Waals surface area (Å²) in [7, 11) is 0. The molecule has 0 spiro atoms. The number of benzene rings is 1. The van der Waals surface area contributed by atoms with E-state index >= 15 is 0 Å². The lowest BCUT2D eigenvalue weighted by Crippen LogP contribution is -2.28. The topological polar surface area (TPSA) is 75.6 Å². The number of amides is 1. The Morgan fingerprint density at radius 3 is 2.50 bits per heavy atom. The summed E-state index contributed by atoms with van der Waals surface area (Å²) in [5.74, 6) is -0.632. The molecule has 0 fully saturated rings. The molecule has 5 nitrogen and oxygen atoms in total. The molecule has 18 heavy (non-hydrogen) atoms. The molecule has 6 heteroatoms. The highest BCUT2D eigenvalue weighted by Gasteiger charge is 2.06. The van der Waals surface area contributed by atoms with Crippen LogP contribution in [0.25, 0.3) is 0 Å². The van der Waals surface area contributed by atoms with Crippen LogP contribution in [0, 0.1) is 3.57 Å². The van der Waals surface area contributed by atoms with E-state index in [1.165, 1.54) is 0 Å². The summed E-state index contributed by atoms with van der Waals surface area (Å²) < 4.78 is 6.02. The zero-order valence-corrected chi connectivity index (χ0v) is 11.6. The van der Waals surface area contributed by atoms with E-state index in [-0.39, 0.29) is 18.5 Å². The molecular weight excluding hydrogens is 349 g/mol. The number of hydrogen-bond donors (Lipinski definition) is 2. The Bertz CT molecular complexity index is 456. The Morgan fingerprint density at radius 1 is 1.33 bits per heavy atom. The van der Waals surface area contributed by atoms with Crippen LogP contribution in [-0.4, -0.2) is 23.7 Å². The van der Waals surface area contributed by atoms with Crippen LogP contribution in [-0.2, 0) is 4.79 Å². The fraction of sp³-hybridized carbons (Fsp3) is 0.167. The normalized spacial score (nSPS) is 9.61. The van der Waals surface area contributed by atoms with E-state index in [1.807, 2.05) is 12.1 Å². The van der Waals surface area contributed by atoms with Crippen molar-refractivity contribution in [3.63, 3.8) is 0 Å². The Morgan fingerprint density at radius 2 is 1.94 bits per heavy atom. The summed E-state index contributed by atoms with van der Waals surface area (Å²) in [6.07, 6.45) is -0.439. The predicted molar refractivity (Wildman–Crippen MR) is 74.6 cm³/mol. The third kappa shape index (κ3) is 5.17. The Hall–Kier alpha value is -1.57. The molecule has 0 saturated carbocycles. The molecule has 0 aromatic heterocycles. The number of aliphatic carboxylic acids is 1. The lowest BCUT2D eigenvalue weighted by atomic mass is 10.2. The van der Waals surface area contributed by atoms with Crippen LogP contribution in [0.5, 0.6) is 5.75 Å². The molecule has 1 aromatic carbocycles. The molecule has 0 saturated heterocycles. The van der Waals surface area contributed by atoms with Crippen molar-refractivity contribution in [2.45, 2.75) is 6.42 Å². The Kier molecular flexibility index (Phi) is 5.63. The van der Waals surface area contributed by atoms with Crippen LogP contribution in [0.3, 0.4) is 0 Å². The molecule has 0 atom stereocenters. The maximum absolute atomic E-state index is 11.3. The number of nitrogens with one attached hydrogen (secondary N) is 1. The number of carbonyl (C=O) groups is 2. The minimum absolute atomic E-state index is 0.0459. The van der Waals surface area contributed by atoms with Gasteiger partial charge in [-0.2, -0.15) is 0 Å². The monoisotopic (exact) mass is 361 g/mol. The summed E-state index contributed by atoms with van der Waals surface area (Å²) in [4.78, 5) is 21.8. The fourth-order valence-electron chi connectivity index (χ4n) is 1.07. The Labute approximate surface area is 118 Å². The van der Waals surface area contributed by atoms with Crippen molar-refractivity contribution < 1.29 is 19.4 Å². The third-order valence-electron chi connectivity index (χ3n) is 2.02. The van der Waals surface area contributed by atoms with Crippen molar-refractivity contribution >= 4 is 34.7 Å². The zero-order chi connectivity index (χ0) is 13.5. The first-order chi connectivity index (χ1) is 8.49. The van der Waals surface area contributed by atoms with Crippen LogP contribution in [0.4, 0.5) is 4.79 Å². The lowest BCUT2D eigenvalue weighted by molar-refractivity contribution is -0.132. The van der Waals surface area contributed by atoms with Crippen LogP contribution < -0.4 is 10.1 Å². The van der Waals surface area contributed by atoms with Gasteiger partial charge >= 0.3 is 12.1 Å². The second-order valence-corrected chi connectivity index (χ2v) is 4.67. The minimum atomic E-state index is -1.07. The summed E-state index contributed by atoms with van der Waals surface area (Å²) in [6.45, 7) is 3.53. The molecule has 1 aromatic rings. The van der Waals surface area contributed by atoms with Crippen LogP contribution in [0.1, 0.15) is 6.42 Å². The molecule has 1 rings (SSSR count). The molecule has 1 amide bonds. The average Bonchev–Trinajstić information content (AvgIpc) is 2.32. The first-order valence-corrected chi connectivity index (χ1v) is 6.19. The second kappa shape index (κ2) is 7.00. The molecule has 0 radical (unpaired) electrons. The second-order valence-electron chi connectivity index (χ2n) is 3.43. The predicted octanol–water partition coefficient (Wildman–Crippen LogP) is 2.41. The molecular formula is C12H12INO4. The highest BCUT2D eigenvalue weighted by Crippen LogP contribution is 2.13. The highest BCUT2D eigenvalue weighted by molar-refractivity contribution is 14.1. The smallest absolute Gasteiger partial charge is 0.412 e. The SMILES string of the molecule is C=C(CCNC(=O)Oc1ccc(I)cc1)C(=O)O. The highest BCUT2D eigenvalue weighted by atomic mass is 127. The molecule has 0 aliphatic heterocycles. The quantitative estimate of drug-likeness (QED) is 0.624. The zero-order valence-electron chi connectivity index (χ0n) is 9.48. The number of halogens is 1. The molecule has 96 valence electrons. The van der Waals surface area contributed by atoms with Crippen molar-refractivity contribution in [1.82, 2.24) is 5.32 Å². The molecule has 0 aliphatic rings. The van der Waals surface area contributed by atoms with E-state index in [0.29, 0.717) is 5.75 Å². The Balaban J connectivity index is 2.32. The van der Waals surface area contributed by atoms with Gasteiger partial charge in [-0.05, 0) is 53.3 Å². The number of rotatable bonds is 5. The molecule has 0 aliphatic carbocycles. The maximum Gasteiger partial charge on any atom is 0.412 e. The number of carboxylic acid groups (broad SMARTS) is 1. The molecule has 2 N–H and O–H groups in total. The van der Waals surface area contributed by atoms with Gasteiger partial charge in [-0.1, -0.05) is 6.58 Å². The lowest BCUT2D eigenvalue weighted by Gasteiger charge is -2.06.